The van der Waals surface area contributed by atoms with Gasteiger partial charge in [0.2, 0.25) is 11.8 Å². The molecule has 2 fully saturated rings. The van der Waals surface area contributed by atoms with Gasteiger partial charge in [0.1, 0.15) is 0 Å². The van der Waals surface area contributed by atoms with E-state index in [-0.39, 0.29) is 35.5 Å². The van der Waals surface area contributed by atoms with Crippen molar-refractivity contribution < 1.29 is 9.59 Å². The van der Waals surface area contributed by atoms with Crippen molar-refractivity contribution in [2.24, 2.45) is 23.7 Å². The van der Waals surface area contributed by atoms with E-state index in [2.05, 4.69) is 17.1 Å². The molecule has 1 aliphatic heterocycles. The lowest BCUT2D eigenvalue weighted by Crippen LogP contribution is -2.32. The molecule has 18 heavy (non-hydrogen) atoms. The van der Waals surface area contributed by atoms with Crippen molar-refractivity contribution in [2.45, 2.75) is 6.42 Å². The zero-order valence-electron chi connectivity index (χ0n) is 9.69. The Bertz CT molecular complexity index is 536. The summed E-state index contributed by atoms with van der Waals surface area (Å²) in [5.74, 6) is 0.217. The predicted octanol–water partition coefficient (Wildman–Crippen LogP) is 1.39. The average molecular weight is 240 g/mol. The number of hydrogen-bond acceptors (Lipinski definition) is 3. The number of carbonyl (C=O) groups excluding carboxylic acids is 2. The molecule has 2 bridgehead atoms. The van der Waals surface area contributed by atoms with Gasteiger partial charge >= 0.3 is 0 Å². The van der Waals surface area contributed by atoms with E-state index >= 15 is 0 Å². The van der Waals surface area contributed by atoms with Gasteiger partial charge in [-0.05, 0) is 30.4 Å². The van der Waals surface area contributed by atoms with Crippen LogP contribution in [-0.2, 0) is 9.59 Å². The molecular weight excluding hydrogens is 228 g/mol. The topological polar surface area (TPSA) is 50.3 Å². The normalized spacial score (nSPS) is 36.6. The molecule has 4 nitrogen and oxygen atoms in total. The number of amides is 2. The third-order valence-corrected chi connectivity index (χ3v) is 4.39. The number of hydrogen-bond donors (Lipinski definition) is 0. The molecule has 2 heterocycles. The Morgan fingerprint density at radius 3 is 2.11 bits per heavy atom. The van der Waals surface area contributed by atoms with Gasteiger partial charge in [0.25, 0.3) is 0 Å². The standard InChI is InChI=1S/C14H12N2O2/c17-13-11-8-1-2-9(7-8)12(11)14(18)16(13)10-3-5-15-6-4-10/h1-6,8-9,11-12H,7H2/t8-,9-,11+,12+/m1/s1. The van der Waals surface area contributed by atoms with E-state index in [1.807, 2.05) is 0 Å². The number of fused-ring (bicyclic) bond motifs is 5. The highest BCUT2D eigenvalue weighted by molar-refractivity contribution is 6.22. The Balaban J connectivity index is 1.77. The summed E-state index contributed by atoms with van der Waals surface area (Å²) >= 11 is 0. The summed E-state index contributed by atoms with van der Waals surface area (Å²) in [7, 11) is 0. The minimum absolute atomic E-state index is 0.0342. The van der Waals surface area contributed by atoms with E-state index in [9.17, 15) is 9.59 Å². The van der Waals surface area contributed by atoms with Crippen LogP contribution in [0.15, 0.2) is 36.7 Å². The minimum atomic E-state index is -0.124. The van der Waals surface area contributed by atoms with Crippen LogP contribution in [0.3, 0.4) is 0 Å². The number of pyridine rings is 1. The van der Waals surface area contributed by atoms with Crippen LogP contribution in [0.4, 0.5) is 5.69 Å². The number of anilines is 1. The van der Waals surface area contributed by atoms with E-state index in [1.54, 1.807) is 24.5 Å². The predicted molar refractivity (Wildman–Crippen MR) is 64.4 cm³/mol. The first-order valence-electron chi connectivity index (χ1n) is 6.23. The molecular formula is C14H12N2O2. The number of aromatic nitrogens is 1. The molecule has 1 saturated heterocycles. The number of carbonyl (C=O) groups is 2. The van der Waals surface area contributed by atoms with Crippen LogP contribution >= 0.6 is 0 Å². The highest BCUT2D eigenvalue weighted by atomic mass is 16.2. The maximum Gasteiger partial charge on any atom is 0.238 e. The van der Waals surface area contributed by atoms with Crippen molar-refractivity contribution in [3.63, 3.8) is 0 Å². The van der Waals surface area contributed by atoms with E-state index in [0.29, 0.717) is 5.69 Å². The van der Waals surface area contributed by atoms with Crippen LogP contribution in [0.1, 0.15) is 6.42 Å². The lowest BCUT2D eigenvalue weighted by molar-refractivity contribution is -0.123. The van der Waals surface area contributed by atoms with Gasteiger partial charge in [-0.3, -0.25) is 14.6 Å². The fourth-order valence-electron chi connectivity index (χ4n) is 3.65. The van der Waals surface area contributed by atoms with Gasteiger partial charge in [0.15, 0.2) is 0 Å². The molecule has 90 valence electrons. The quantitative estimate of drug-likeness (QED) is 0.550. The first-order chi connectivity index (χ1) is 8.77. The highest BCUT2D eigenvalue weighted by Gasteiger charge is 2.59. The first-order valence-corrected chi connectivity index (χ1v) is 6.23. The van der Waals surface area contributed by atoms with E-state index in [0.717, 1.165) is 6.42 Å². The molecule has 0 N–H and O–H groups in total. The van der Waals surface area contributed by atoms with Crippen molar-refractivity contribution in [1.82, 2.24) is 4.98 Å². The van der Waals surface area contributed by atoms with Crippen LogP contribution < -0.4 is 4.90 Å². The highest BCUT2D eigenvalue weighted by Crippen LogP contribution is 2.53. The van der Waals surface area contributed by atoms with Crippen LogP contribution in [0.5, 0.6) is 0 Å². The second kappa shape index (κ2) is 3.28. The van der Waals surface area contributed by atoms with Gasteiger partial charge in [-0.2, -0.15) is 0 Å². The molecule has 4 atom stereocenters. The molecule has 0 unspecified atom stereocenters. The Labute approximate surface area is 104 Å². The molecule has 4 heteroatoms. The lowest BCUT2D eigenvalue weighted by Gasteiger charge is -2.16. The van der Waals surface area contributed by atoms with Gasteiger partial charge in [0, 0.05) is 12.4 Å². The first kappa shape index (κ1) is 10.00. The van der Waals surface area contributed by atoms with Crippen LogP contribution in [0, 0.1) is 23.7 Å². The largest absolute Gasteiger partial charge is 0.274 e. The summed E-state index contributed by atoms with van der Waals surface area (Å²) in [5, 5.41) is 0. The van der Waals surface area contributed by atoms with Crippen molar-refractivity contribution in [2.75, 3.05) is 4.90 Å². The Morgan fingerprint density at radius 1 is 1.00 bits per heavy atom. The van der Waals surface area contributed by atoms with E-state index in [1.165, 1.54) is 4.90 Å². The third kappa shape index (κ3) is 1.08. The number of allylic oxidation sites excluding steroid dienone is 2. The zero-order chi connectivity index (χ0) is 12.3. The van der Waals surface area contributed by atoms with Gasteiger partial charge < -0.3 is 0 Å². The SMILES string of the molecule is O=C1[C@@H]2[C@@H](C(=O)N1c1ccncc1)[C@@H]1C=C[C@@H]2C1. The summed E-state index contributed by atoms with van der Waals surface area (Å²) in [6, 6.07) is 3.43. The summed E-state index contributed by atoms with van der Waals surface area (Å²) in [6.07, 6.45) is 8.39. The molecule has 1 aromatic rings. The van der Waals surface area contributed by atoms with Crippen molar-refractivity contribution in [1.29, 1.82) is 0 Å². The maximum atomic E-state index is 12.4. The van der Waals surface area contributed by atoms with Gasteiger partial charge in [0.05, 0.1) is 17.5 Å². The Morgan fingerprint density at radius 2 is 1.56 bits per heavy atom. The monoisotopic (exact) mass is 240 g/mol. The minimum Gasteiger partial charge on any atom is -0.274 e. The summed E-state index contributed by atoms with van der Waals surface area (Å²) in [4.78, 5) is 30.1. The third-order valence-electron chi connectivity index (χ3n) is 4.39. The number of rotatable bonds is 1. The summed E-state index contributed by atoms with van der Waals surface area (Å²) in [5.41, 5.74) is 0.647. The number of imide groups is 1. The molecule has 2 aliphatic carbocycles. The second-order valence-corrected chi connectivity index (χ2v) is 5.22. The van der Waals surface area contributed by atoms with Crippen LogP contribution in [-0.4, -0.2) is 16.8 Å². The zero-order valence-corrected chi connectivity index (χ0v) is 9.69. The van der Waals surface area contributed by atoms with Crippen molar-refractivity contribution in [3.8, 4) is 0 Å². The molecule has 1 saturated carbocycles. The molecule has 4 rings (SSSR count). The molecule has 0 spiro atoms. The molecule has 0 aromatic carbocycles. The molecule has 3 aliphatic rings. The molecule has 2 amide bonds. The van der Waals surface area contributed by atoms with E-state index < -0.39 is 0 Å². The fraction of sp³-hybridized carbons (Fsp3) is 0.357. The Hall–Kier alpha value is -1.97. The van der Waals surface area contributed by atoms with Gasteiger partial charge in [-0.1, -0.05) is 12.2 Å². The second-order valence-electron chi connectivity index (χ2n) is 5.22. The maximum absolute atomic E-state index is 12.4. The van der Waals surface area contributed by atoms with Crippen molar-refractivity contribution in [3.05, 3.63) is 36.7 Å². The molecule has 0 radical (unpaired) electrons. The van der Waals surface area contributed by atoms with Crippen LogP contribution in [0.25, 0.3) is 0 Å². The smallest absolute Gasteiger partial charge is 0.238 e. The van der Waals surface area contributed by atoms with Crippen molar-refractivity contribution >= 4 is 17.5 Å². The summed E-state index contributed by atoms with van der Waals surface area (Å²) < 4.78 is 0. The fourth-order valence-corrected chi connectivity index (χ4v) is 3.65. The average Bonchev–Trinajstić information content (AvgIpc) is 3.05. The van der Waals surface area contributed by atoms with Gasteiger partial charge in [-0.25, -0.2) is 4.90 Å². The molecule has 1 aromatic heterocycles. The van der Waals surface area contributed by atoms with Gasteiger partial charge in [-0.15, -0.1) is 0 Å². The van der Waals surface area contributed by atoms with Crippen LogP contribution in [0.2, 0.25) is 0 Å². The number of nitrogens with zero attached hydrogens (tertiary/aromatic N) is 2. The summed E-state index contributed by atoms with van der Waals surface area (Å²) in [6.45, 7) is 0. The lowest BCUT2D eigenvalue weighted by atomic mass is 9.85. The Kier molecular flexibility index (Phi) is 1.82. The van der Waals surface area contributed by atoms with E-state index in [4.69, 9.17) is 0 Å².